The van der Waals surface area contributed by atoms with Gasteiger partial charge in [-0.05, 0) is 26.2 Å². The molecule has 2 heterocycles. The van der Waals surface area contributed by atoms with Gasteiger partial charge in [0, 0.05) is 26.1 Å². The minimum absolute atomic E-state index is 0.0951. The number of hydrogen-bond donors (Lipinski definition) is 1. The average Bonchev–Trinajstić information content (AvgIpc) is 2.28. The third-order valence-electron chi connectivity index (χ3n) is 4.66. The lowest BCUT2D eigenvalue weighted by atomic mass is 9.78. The zero-order valence-corrected chi connectivity index (χ0v) is 11.0. The maximum absolute atomic E-state index is 6.30. The van der Waals surface area contributed by atoms with Gasteiger partial charge in [0.05, 0.1) is 17.3 Å². The van der Waals surface area contributed by atoms with Crippen molar-refractivity contribution in [3.8, 4) is 0 Å². The molecule has 3 aliphatic rings. The van der Waals surface area contributed by atoms with Crippen LogP contribution in [0.15, 0.2) is 0 Å². The predicted molar refractivity (Wildman–Crippen MR) is 67.1 cm³/mol. The lowest BCUT2D eigenvalue weighted by Crippen LogP contribution is -2.61. The van der Waals surface area contributed by atoms with Crippen LogP contribution in [0.5, 0.6) is 0 Å². The fraction of sp³-hybridized carbons (Fsp3) is 1.00. The predicted octanol–water partition coefficient (Wildman–Crippen LogP) is 2.25. The Morgan fingerprint density at radius 3 is 2.59 bits per heavy atom. The van der Waals surface area contributed by atoms with Crippen LogP contribution >= 0.6 is 0 Å². The molecule has 1 spiro atoms. The van der Waals surface area contributed by atoms with Gasteiger partial charge in [-0.3, -0.25) is 0 Å². The van der Waals surface area contributed by atoms with Crippen LogP contribution in [0.4, 0.5) is 0 Å². The topological polar surface area (TPSA) is 30.5 Å². The highest BCUT2D eigenvalue weighted by Crippen LogP contribution is 2.40. The van der Waals surface area contributed by atoms with Gasteiger partial charge in [-0.2, -0.15) is 0 Å². The second-order valence-electron chi connectivity index (χ2n) is 6.38. The van der Waals surface area contributed by atoms with Crippen molar-refractivity contribution in [2.24, 2.45) is 0 Å². The van der Waals surface area contributed by atoms with Gasteiger partial charge < -0.3 is 14.8 Å². The molecule has 1 unspecified atom stereocenters. The Morgan fingerprint density at radius 2 is 1.94 bits per heavy atom. The molecule has 0 aromatic rings. The Hall–Kier alpha value is -0.120. The first-order chi connectivity index (χ1) is 8.20. The van der Waals surface area contributed by atoms with E-state index < -0.39 is 0 Å². The standard InChI is InChI=1S/C14H25NO2/c1-13(10-15-11-13)17-12-5-8-16-14(9-12)6-3-2-4-7-14/h12,15H,2-11H2,1H3. The summed E-state index contributed by atoms with van der Waals surface area (Å²) in [4.78, 5) is 0. The van der Waals surface area contributed by atoms with Gasteiger partial charge in [0.1, 0.15) is 0 Å². The molecule has 1 aliphatic carbocycles. The smallest absolute Gasteiger partial charge is 0.0905 e. The summed E-state index contributed by atoms with van der Waals surface area (Å²) < 4.78 is 12.4. The molecular weight excluding hydrogens is 214 g/mol. The van der Waals surface area contributed by atoms with Gasteiger partial charge in [-0.1, -0.05) is 19.3 Å². The molecule has 98 valence electrons. The molecule has 3 heteroatoms. The molecule has 1 atom stereocenters. The molecule has 17 heavy (non-hydrogen) atoms. The minimum atomic E-state index is 0.0951. The van der Waals surface area contributed by atoms with E-state index in [0.29, 0.717) is 6.10 Å². The Balaban J connectivity index is 1.59. The molecule has 2 saturated heterocycles. The van der Waals surface area contributed by atoms with Crippen LogP contribution in [-0.4, -0.2) is 37.0 Å². The SMILES string of the molecule is CC1(OC2CCOC3(CCCCC3)C2)CNC1. The van der Waals surface area contributed by atoms with Crippen molar-refractivity contribution < 1.29 is 9.47 Å². The minimum Gasteiger partial charge on any atom is -0.375 e. The van der Waals surface area contributed by atoms with Gasteiger partial charge in [0.25, 0.3) is 0 Å². The van der Waals surface area contributed by atoms with E-state index in [1.807, 2.05) is 0 Å². The van der Waals surface area contributed by atoms with E-state index >= 15 is 0 Å². The van der Waals surface area contributed by atoms with E-state index in [-0.39, 0.29) is 11.2 Å². The lowest BCUT2D eigenvalue weighted by Gasteiger charge is -2.48. The third kappa shape index (κ3) is 2.51. The van der Waals surface area contributed by atoms with Gasteiger partial charge in [-0.15, -0.1) is 0 Å². The van der Waals surface area contributed by atoms with Crippen LogP contribution in [0.2, 0.25) is 0 Å². The van der Waals surface area contributed by atoms with Gasteiger partial charge >= 0.3 is 0 Å². The van der Waals surface area contributed by atoms with Crippen molar-refractivity contribution >= 4 is 0 Å². The average molecular weight is 239 g/mol. The van der Waals surface area contributed by atoms with Crippen LogP contribution in [0.1, 0.15) is 51.9 Å². The Kier molecular flexibility index (Phi) is 3.18. The molecule has 2 aliphatic heterocycles. The van der Waals surface area contributed by atoms with Crippen molar-refractivity contribution in [3.63, 3.8) is 0 Å². The van der Waals surface area contributed by atoms with E-state index in [0.717, 1.165) is 32.5 Å². The van der Waals surface area contributed by atoms with Crippen molar-refractivity contribution in [3.05, 3.63) is 0 Å². The summed E-state index contributed by atoms with van der Waals surface area (Å²) in [5.41, 5.74) is 0.270. The van der Waals surface area contributed by atoms with Crippen LogP contribution in [0.3, 0.4) is 0 Å². The zero-order chi connectivity index (χ0) is 11.8. The summed E-state index contributed by atoms with van der Waals surface area (Å²) in [6.07, 6.45) is 9.20. The van der Waals surface area contributed by atoms with Gasteiger partial charge in [-0.25, -0.2) is 0 Å². The van der Waals surface area contributed by atoms with Gasteiger partial charge in [0.15, 0.2) is 0 Å². The van der Waals surface area contributed by atoms with E-state index in [4.69, 9.17) is 9.47 Å². The fourth-order valence-electron chi connectivity index (χ4n) is 3.59. The van der Waals surface area contributed by atoms with Crippen molar-refractivity contribution in [2.45, 2.75) is 69.2 Å². The first-order valence-corrected chi connectivity index (χ1v) is 7.22. The largest absolute Gasteiger partial charge is 0.375 e. The number of rotatable bonds is 2. The molecule has 3 rings (SSSR count). The Bertz CT molecular complexity index is 264. The van der Waals surface area contributed by atoms with Crippen LogP contribution in [-0.2, 0) is 9.47 Å². The van der Waals surface area contributed by atoms with Crippen LogP contribution in [0, 0.1) is 0 Å². The molecule has 0 amide bonds. The molecule has 0 radical (unpaired) electrons. The zero-order valence-electron chi connectivity index (χ0n) is 11.0. The molecule has 0 bridgehead atoms. The van der Waals surface area contributed by atoms with Gasteiger partial charge in [0.2, 0.25) is 0 Å². The summed E-state index contributed by atoms with van der Waals surface area (Å²) in [7, 11) is 0. The molecule has 3 fully saturated rings. The van der Waals surface area contributed by atoms with Crippen molar-refractivity contribution in [2.75, 3.05) is 19.7 Å². The highest BCUT2D eigenvalue weighted by Gasteiger charge is 2.42. The monoisotopic (exact) mass is 239 g/mol. The highest BCUT2D eigenvalue weighted by atomic mass is 16.5. The van der Waals surface area contributed by atoms with Crippen molar-refractivity contribution in [1.29, 1.82) is 0 Å². The molecule has 1 saturated carbocycles. The van der Waals surface area contributed by atoms with E-state index in [9.17, 15) is 0 Å². The summed E-state index contributed by atoms with van der Waals surface area (Å²) in [5.74, 6) is 0. The maximum Gasteiger partial charge on any atom is 0.0905 e. The molecule has 0 aromatic heterocycles. The summed E-state index contributed by atoms with van der Waals surface area (Å²) >= 11 is 0. The first-order valence-electron chi connectivity index (χ1n) is 7.22. The van der Waals surface area contributed by atoms with Crippen molar-refractivity contribution in [1.82, 2.24) is 5.32 Å². The normalized spacial score (nSPS) is 35.5. The molecule has 3 nitrogen and oxygen atoms in total. The second kappa shape index (κ2) is 4.52. The van der Waals surface area contributed by atoms with Crippen LogP contribution in [0.25, 0.3) is 0 Å². The maximum atomic E-state index is 6.30. The highest BCUT2D eigenvalue weighted by molar-refractivity contribution is 4.95. The fourth-order valence-corrected chi connectivity index (χ4v) is 3.59. The van der Waals surface area contributed by atoms with Crippen LogP contribution < -0.4 is 5.32 Å². The first kappa shape index (κ1) is 11.9. The third-order valence-corrected chi connectivity index (χ3v) is 4.66. The van der Waals surface area contributed by atoms with E-state index in [2.05, 4.69) is 12.2 Å². The van der Waals surface area contributed by atoms with E-state index in [1.54, 1.807) is 0 Å². The summed E-state index contributed by atoms with van der Waals surface area (Å²) in [5, 5.41) is 3.31. The summed E-state index contributed by atoms with van der Waals surface area (Å²) in [6, 6.07) is 0. The molecule has 1 N–H and O–H groups in total. The number of nitrogens with one attached hydrogen (secondary N) is 1. The molecule has 0 aromatic carbocycles. The number of hydrogen-bond acceptors (Lipinski definition) is 3. The quantitative estimate of drug-likeness (QED) is 0.801. The number of ether oxygens (including phenoxy) is 2. The van der Waals surface area contributed by atoms with E-state index in [1.165, 1.54) is 32.1 Å². The lowest BCUT2D eigenvalue weighted by molar-refractivity contribution is -0.189. The summed E-state index contributed by atoms with van der Waals surface area (Å²) in [6.45, 7) is 5.15. The second-order valence-corrected chi connectivity index (χ2v) is 6.38. The Labute approximate surface area is 104 Å². The molecular formula is C14H25NO2. The Morgan fingerprint density at radius 1 is 1.18 bits per heavy atom.